The predicted octanol–water partition coefficient (Wildman–Crippen LogP) is 6.14. The molecule has 1 heterocycles. The van der Waals surface area contributed by atoms with Gasteiger partial charge in [-0.2, -0.15) is 0 Å². The number of amides is 1. The topological polar surface area (TPSA) is 95.7 Å². The zero-order chi connectivity index (χ0) is 24.2. The summed E-state index contributed by atoms with van der Waals surface area (Å²) in [6, 6.07) is 12.5. The molecule has 0 fully saturated rings. The maximum Gasteiger partial charge on any atom is 0.256 e. The lowest BCUT2D eigenvalue weighted by molar-refractivity contribution is 0.102. The Morgan fingerprint density at radius 1 is 0.824 bits per heavy atom. The van der Waals surface area contributed by atoms with Crippen LogP contribution in [0, 0.1) is 0 Å². The van der Waals surface area contributed by atoms with E-state index in [1.165, 1.54) is 0 Å². The van der Waals surface area contributed by atoms with Crippen LogP contribution in [0.2, 0.25) is 0 Å². The molecule has 1 aromatic heterocycles. The Morgan fingerprint density at radius 2 is 1.56 bits per heavy atom. The van der Waals surface area contributed by atoms with Crippen LogP contribution in [-0.4, -0.2) is 36.0 Å². The molecule has 8 heteroatoms. The molecule has 3 aromatic rings. The molecule has 34 heavy (non-hydrogen) atoms. The van der Waals surface area contributed by atoms with Gasteiger partial charge < -0.3 is 19.5 Å². The monoisotopic (exact) mass is 467 g/mol. The summed E-state index contributed by atoms with van der Waals surface area (Å²) in [4.78, 5) is 12.8. The molecule has 3 rings (SSSR count). The lowest BCUT2D eigenvalue weighted by Gasteiger charge is -2.13. The molecule has 0 radical (unpaired) electrons. The molecule has 0 aliphatic rings. The molecule has 0 spiro atoms. The second-order valence-corrected chi connectivity index (χ2v) is 7.85. The first-order valence-corrected chi connectivity index (χ1v) is 11.9. The first kappa shape index (κ1) is 25.1. The van der Waals surface area contributed by atoms with Crippen molar-refractivity contribution in [3.63, 3.8) is 0 Å². The highest BCUT2D eigenvalue weighted by Gasteiger charge is 2.18. The molecule has 1 amide bonds. The van der Waals surface area contributed by atoms with Crippen LogP contribution in [0.15, 0.2) is 47.1 Å². The Morgan fingerprint density at radius 3 is 2.26 bits per heavy atom. The third-order valence-corrected chi connectivity index (χ3v) is 4.99. The second-order valence-electron chi connectivity index (χ2n) is 7.85. The van der Waals surface area contributed by atoms with E-state index in [4.69, 9.17) is 18.8 Å². The minimum atomic E-state index is -0.320. The van der Waals surface area contributed by atoms with E-state index in [9.17, 15) is 4.79 Å². The van der Waals surface area contributed by atoms with E-state index in [0.717, 1.165) is 37.9 Å². The number of rotatable bonds is 14. The standard InChI is InChI=1S/C26H33N3O5/c1-4-7-8-17-31-21-12-9-19(10-13-21)26(30)27-25-24(28-34-29-25)20-11-14-22(32-15-5-2)23(18-20)33-16-6-3/h9-14,18H,4-8,15-17H2,1-3H3,(H,27,29,30). The van der Waals surface area contributed by atoms with Crippen molar-refractivity contribution >= 4 is 11.7 Å². The van der Waals surface area contributed by atoms with Crippen LogP contribution in [0.1, 0.15) is 63.2 Å². The van der Waals surface area contributed by atoms with Gasteiger partial charge in [0.2, 0.25) is 5.82 Å². The number of benzene rings is 2. The van der Waals surface area contributed by atoms with E-state index in [1.807, 2.05) is 32.0 Å². The summed E-state index contributed by atoms with van der Waals surface area (Å²) in [6.07, 6.45) is 5.05. The molecule has 0 aliphatic heterocycles. The van der Waals surface area contributed by atoms with Crippen LogP contribution >= 0.6 is 0 Å². The molecule has 0 atom stereocenters. The maximum atomic E-state index is 12.8. The minimum absolute atomic E-state index is 0.230. The van der Waals surface area contributed by atoms with Gasteiger partial charge in [-0.05, 0) is 72.0 Å². The van der Waals surface area contributed by atoms with Crippen molar-refractivity contribution in [2.45, 2.75) is 52.9 Å². The molecule has 0 aliphatic carbocycles. The molecule has 0 saturated carbocycles. The number of hydrogen-bond donors (Lipinski definition) is 1. The highest BCUT2D eigenvalue weighted by Crippen LogP contribution is 2.34. The van der Waals surface area contributed by atoms with Crippen molar-refractivity contribution in [2.24, 2.45) is 0 Å². The molecule has 1 N–H and O–H groups in total. The van der Waals surface area contributed by atoms with Gasteiger partial charge in [0, 0.05) is 11.1 Å². The van der Waals surface area contributed by atoms with Gasteiger partial charge in [0.05, 0.1) is 19.8 Å². The van der Waals surface area contributed by atoms with E-state index in [2.05, 4.69) is 22.6 Å². The van der Waals surface area contributed by atoms with Crippen LogP contribution in [0.25, 0.3) is 11.3 Å². The number of nitrogens with one attached hydrogen (secondary N) is 1. The summed E-state index contributed by atoms with van der Waals surface area (Å²) in [7, 11) is 0. The zero-order valence-corrected chi connectivity index (χ0v) is 20.1. The van der Waals surface area contributed by atoms with Gasteiger partial charge in [-0.1, -0.05) is 33.6 Å². The molecular formula is C26H33N3O5. The van der Waals surface area contributed by atoms with E-state index in [0.29, 0.717) is 48.1 Å². The van der Waals surface area contributed by atoms with Gasteiger partial charge in [0.15, 0.2) is 17.2 Å². The van der Waals surface area contributed by atoms with Crippen molar-refractivity contribution in [3.05, 3.63) is 48.0 Å². The largest absolute Gasteiger partial charge is 0.494 e. The fourth-order valence-electron chi connectivity index (χ4n) is 3.20. The summed E-state index contributed by atoms with van der Waals surface area (Å²) >= 11 is 0. The fraction of sp³-hybridized carbons (Fsp3) is 0.423. The molecule has 0 saturated heterocycles. The van der Waals surface area contributed by atoms with Crippen LogP contribution in [0.4, 0.5) is 5.82 Å². The molecule has 0 unspecified atom stereocenters. The number of carbonyl (C=O) groups is 1. The number of anilines is 1. The van der Waals surface area contributed by atoms with Gasteiger partial charge in [0.25, 0.3) is 5.91 Å². The Labute approximate surface area is 200 Å². The number of aromatic nitrogens is 2. The van der Waals surface area contributed by atoms with E-state index in [-0.39, 0.29) is 11.7 Å². The van der Waals surface area contributed by atoms with Gasteiger partial charge in [-0.3, -0.25) is 4.79 Å². The first-order chi connectivity index (χ1) is 16.7. The summed E-state index contributed by atoms with van der Waals surface area (Å²) < 4.78 is 22.3. The highest BCUT2D eigenvalue weighted by atomic mass is 16.6. The number of nitrogens with zero attached hydrogens (tertiary/aromatic N) is 2. The Bertz CT molecular complexity index is 1030. The number of unbranched alkanes of at least 4 members (excludes halogenated alkanes) is 2. The van der Waals surface area contributed by atoms with Gasteiger partial charge >= 0.3 is 0 Å². The quantitative estimate of drug-likeness (QED) is 0.285. The SMILES string of the molecule is CCCCCOc1ccc(C(=O)Nc2nonc2-c2ccc(OCCC)c(OCCC)c2)cc1. The van der Waals surface area contributed by atoms with E-state index in [1.54, 1.807) is 24.3 Å². The van der Waals surface area contributed by atoms with Crippen molar-refractivity contribution in [1.82, 2.24) is 10.3 Å². The number of carbonyl (C=O) groups excluding carboxylic acids is 1. The summed E-state index contributed by atoms with van der Waals surface area (Å²) in [5, 5.41) is 10.7. The Balaban J connectivity index is 1.71. The lowest BCUT2D eigenvalue weighted by Crippen LogP contribution is -2.13. The Kier molecular flexibility index (Phi) is 9.76. The fourth-order valence-corrected chi connectivity index (χ4v) is 3.20. The summed E-state index contributed by atoms with van der Waals surface area (Å²) in [6.45, 7) is 8.06. The van der Waals surface area contributed by atoms with Crippen molar-refractivity contribution in [1.29, 1.82) is 0 Å². The van der Waals surface area contributed by atoms with Crippen LogP contribution < -0.4 is 19.5 Å². The van der Waals surface area contributed by atoms with E-state index < -0.39 is 0 Å². The predicted molar refractivity (Wildman–Crippen MR) is 131 cm³/mol. The highest BCUT2D eigenvalue weighted by molar-refractivity contribution is 6.05. The number of hydrogen-bond acceptors (Lipinski definition) is 7. The Hall–Kier alpha value is -3.55. The van der Waals surface area contributed by atoms with Gasteiger partial charge in [-0.15, -0.1) is 0 Å². The third-order valence-electron chi connectivity index (χ3n) is 4.99. The van der Waals surface area contributed by atoms with Gasteiger partial charge in [0.1, 0.15) is 5.75 Å². The normalized spacial score (nSPS) is 10.7. The summed E-state index contributed by atoms with van der Waals surface area (Å²) in [5.74, 6) is 1.93. The van der Waals surface area contributed by atoms with Gasteiger partial charge in [-0.25, -0.2) is 4.63 Å². The number of ether oxygens (including phenoxy) is 3. The third kappa shape index (κ3) is 6.97. The van der Waals surface area contributed by atoms with Crippen LogP contribution in [0.5, 0.6) is 17.2 Å². The lowest BCUT2D eigenvalue weighted by atomic mass is 10.1. The van der Waals surface area contributed by atoms with Crippen molar-refractivity contribution < 1.29 is 23.6 Å². The average Bonchev–Trinajstić information content (AvgIpc) is 3.32. The molecule has 182 valence electrons. The van der Waals surface area contributed by atoms with Crippen molar-refractivity contribution in [3.8, 4) is 28.5 Å². The van der Waals surface area contributed by atoms with E-state index >= 15 is 0 Å². The first-order valence-electron chi connectivity index (χ1n) is 11.9. The molecule has 0 bridgehead atoms. The molecule has 2 aromatic carbocycles. The summed E-state index contributed by atoms with van der Waals surface area (Å²) in [5.41, 5.74) is 1.58. The van der Waals surface area contributed by atoms with Crippen molar-refractivity contribution in [2.75, 3.05) is 25.1 Å². The zero-order valence-electron chi connectivity index (χ0n) is 20.1. The minimum Gasteiger partial charge on any atom is -0.494 e. The average molecular weight is 468 g/mol. The second kappa shape index (κ2) is 13.2. The molecular weight excluding hydrogens is 434 g/mol. The smallest absolute Gasteiger partial charge is 0.256 e. The molecule has 8 nitrogen and oxygen atoms in total. The van der Waals surface area contributed by atoms with Crippen LogP contribution in [0.3, 0.4) is 0 Å². The van der Waals surface area contributed by atoms with Crippen LogP contribution in [-0.2, 0) is 0 Å². The maximum absolute atomic E-state index is 12.8.